The second kappa shape index (κ2) is 16.8. The van der Waals surface area contributed by atoms with Crippen LogP contribution in [0.4, 0.5) is 26.3 Å². The van der Waals surface area contributed by atoms with Crippen LogP contribution >= 0.6 is 7.26 Å². The largest absolute Gasteiger partial charge is 2.00 e. The Labute approximate surface area is 242 Å². The van der Waals surface area contributed by atoms with E-state index in [2.05, 4.69) is 12.7 Å². The summed E-state index contributed by atoms with van der Waals surface area (Å²) in [5.41, 5.74) is -7.90. The second-order valence-corrected chi connectivity index (χ2v) is 17.4. The van der Waals surface area contributed by atoms with Crippen LogP contribution in [0.1, 0.15) is 96.3 Å². The first kappa shape index (κ1) is 39.2. The van der Waals surface area contributed by atoms with Crippen molar-refractivity contribution in [3.8, 4) is 0 Å². The number of allylic oxidation sites excluding steroid dienone is 1. The number of hydrogen-bond acceptors (Lipinski definition) is 6. The van der Waals surface area contributed by atoms with Crippen LogP contribution in [0.3, 0.4) is 0 Å². The number of alkyl halides is 6. The average Bonchev–Trinajstić information content (AvgIpc) is 2.82. The number of rotatable bonds is 5. The van der Waals surface area contributed by atoms with Crippen LogP contribution in [0.25, 0.3) is 0 Å². The monoisotopic (exact) mass is 725 g/mol. The third kappa shape index (κ3) is 12.2. The van der Waals surface area contributed by atoms with Gasteiger partial charge in [-0.05, 0) is 77.0 Å². The third-order valence-electron chi connectivity index (χ3n) is 7.78. The van der Waals surface area contributed by atoms with Gasteiger partial charge >= 0.3 is 31.4 Å². The molecule has 0 aromatic heterocycles. The van der Waals surface area contributed by atoms with Gasteiger partial charge in [0.25, 0.3) is 0 Å². The van der Waals surface area contributed by atoms with Gasteiger partial charge < -0.3 is 9.11 Å². The van der Waals surface area contributed by atoms with Gasteiger partial charge in [-0.1, -0.05) is 31.9 Å². The summed E-state index contributed by atoms with van der Waals surface area (Å²) in [4.78, 5) is 0. The van der Waals surface area contributed by atoms with Gasteiger partial charge in [0, 0.05) is 7.26 Å². The van der Waals surface area contributed by atoms with Gasteiger partial charge in [-0.2, -0.15) is 26.3 Å². The molecule has 0 unspecified atom stereocenters. The zero-order valence-corrected chi connectivity index (χ0v) is 25.7. The van der Waals surface area contributed by atoms with Crippen LogP contribution in [0.5, 0.6) is 0 Å². The fourth-order valence-corrected chi connectivity index (χ4v) is 13.4. The Balaban J connectivity index is 0.000000708. The van der Waals surface area contributed by atoms with Crippen molar-refractivity contribution in [2.45, 2.75) is 124 Å². The summed E-state index contributed by atoms with van der Waals surface area (Å²) in [6, 6.07) is 0. The minimum atomic E-state index is -6.09. The van der Waals surface area contributed by atoms with Crippen LogP contribution in [0.2, 0.25) is 0 Å². The summed E-state index contributed by atoms with van der Waals surface area (Å²) in [7, 11) is -13.0. The second-order valence-electron chi connectivity index (χ2n) is 10.1. The molecular formula is C23H38F6O6PPdS2+. The Bertz CT molecular complexity index is 838. The summed E-state index contributed by atoms with van der Waals surface area (Å²) >= 11 is 0. The van der Waals surface area contributed by atoms with Crippen LogP contribution in [0, 0.1) is 0 Å². The van der Waals surface area contributed by atoms with E-state index in [-0.39, 0.29) is 20.4 Å². The van der Waals surface area contributed by atoms with Crippen LogP contribution < -0.4 is 0 Å². The first-order valence-electron chi connectivity index (χ1n) is 12.9. The molecule has 0 atom stereocenters. The predicted molar refractivity (Wildman–Crippen MR) is 134 cm³/mol. The molecule has 0 N–H and O–H groups in total. The SMILES string of the molecule is C=CC[P+](C1CCCCC1)(C1CCCCC1)C1CCCCC1.O=S(=O)([O-])C(F)(F)F.O=S(=O)([O-])C(F)(F)F.[Pd+2]. The zero-order chi connectivity index (χ0) is 29.3. The van der Waals surface area contributed by atoms with Crippen LogP contribution in [0.15, 0.2) is 12.7 Å². The first-order valence-corrected chi connectivity index (χ1v) is 17.9. The molecule has 0 amide bonds. The average molecular weight is 726 g/mol. The van der Waals surface area contributed by atoms with Crippen molar-refractivity contribution >= 4 is 27.5 Å². The summed E-state index contributed by atoms with van der Waals surface area (Å²) in [5, 5.41) is 0. The summed E-state index contributed by atoms with van der Waals surface area (Å²) in [6.07, 6.45) is 27.0. The van der Waals surface area contributed by atoms with E-state index >= 15 is 0 Å². The molecule has 0 radical (unpaired) electrons. The Kier molecular flexibility index (Phi) is 16.9. The van der Waals surface area contributed by atoms with Gasteiger partial charge in [0.2, 0.25) is 0 Å². The molecule has 3 aliphatic rings. The zero-order valence-electron chi connectivity index (χ0n) is 21.6. The van der Waals surface area contributed by atoms with Crippen molar-refractivity contribution in [2.24, 2.45) is 0 Å². The fourth-order valence-electron chi connectivity index (χ4n) is 6.25. The third-order valence-corrected chi connectivity index (χ3v) is 15.4. The smallest absolute Gasteiger partial charge is 0.741 e. The van der Waals surface area contributed by atoms with Gasteiger partial charge in [0.1, 0.15) is 0 Å². The maximum Gasteiger partial charge on any atom is 2.00 e. The van der Waals surface area contributed by atoms with Gasteiger partial charge in [-0.25, -0.2) is 16.8 Å². The van der Waals surface area contributed by atoms with Crippen molar-refractivity contribution in [2.75, 3.05) is 6.16 Å². The molecule has 6 nitrogen and oxygen atoms in total. The Hall–Kier alpha value is 0.232. The van der Waals surface area contributed by atoms with E-state index in [0.29, 0.717) is 0 Å². The molecule has 0 bridgehead atoms. The topological polar surface area (TPSA) is 114 Å². The van der Waals surface area contributed by atoms with E-state index in [1.54, 1.807) is 38.5 Å². The maximum atomic E-state index is 10.7. The molecule has 0 saturated heterocycles. The molecule has 3 rings (SSSR count). The summed E-state index contributed by atoms with van der Waals surface area (Å²) in [5.74, 6) is 0. The Morgan fingerprint density at radius 2 is 0.821 bits per heavy atom. The number of hydrogen-bond donors (Lipinski definition) is 0. The minimum Gasteiger partial charge on any atom is -0.741 e. The van der Waals surface area contributed by atoms with E-state index in [1.165, 1.54) is 63.9 Å². The maximum absolute atomic E-state index is 10.7. The van der Waals surface area contributed by atoms with Crippen molar-refractivity contribution in [1.82, 2.24) is 0 Å². The predicted octanol–water partition coefficient (Wildman–Crippen LogP) is 7.29. The van der Waals surface area contributed by atoms with E-state index in [4.69, 9.17) is 25.9 Å². The molecule has 0 aromatic carbocycles. The molecule has 39 heavy (non-hydrogen) atoms. The van der Waals surface area contributed by atoms with Crippen molar-refractivity contribution in [1.29, 1.82) is 0 Å². The molecule has 0 spiro atoms. The molecule has 0 heterocycles. The first-order chi connectivity index (χ1) is 17.4. The van der Waals surface area contributed by atoms with Crippen LogP contribution in [-0.2, 0) is 40.7 Å². The Morgan fingerprint density at radius 3 is 0.974 bits per heavy atom. The minimum absolute atomic E-state index is 0. The quantitative estimate of drug-likeness (QED) is 0.0735. The van der Waals surface area contributed by atoms with E-state index in [1.807, 2.05) is 0 Å². The van der Waals surface area contributed by atoms with Crippen molar-refractivity contribution in [3.05, 3.63) is 12.7 Å². The van der Waals surface area contributed by atoms with Crippen LogP contribution in [-0.4, -0.2) is 60.1 Å². The van der Waals surface area contributed by atoms with E-state index in [0.717, 1.165) is 17.0 Å². The van der Waals surface area contributed by atoms with Crippen molar-refractivity contribution in [3.63, 3.8) is 0 Å². The molecule has 3 aliphatic carbocycles. The molecule has 0 aromatic rings. The molecule has 0 aliphatic heterocycles. The molecular weight excluding hydrogens is 688 g/mol. The summed E-state index contributed by atoms with van der Waals surface area (Å²) < 4.78 is 118. The molecule has 3 saturated carbocycles. The van der Waals surface area contributed by atoms with Gasteiger partial charge in [0.15, 0.2) is 20.2 Å². The normalized spacial score (nSPS) is 20.9. The van der Waals surface area contributed by atoms with Gasteiger partial charge in [-0.3, -0.25) is 0 Å². The fraction of sp³-hybridized carbons (Fsp3) is 0.913. The molecule has 234 valence electrons. The molecule has 3 fully saturated rings. The van der Waals surface area contributed by atoms with E-state index < -0.39 is 38.5 Å². The number of halogens is 6. The van der Waals surface area contributed by atoms with E-state index in [9.17, 15) is 26.3 Å². The summed E-state index contributed by atoms with van der Waals surface area (Å²) in [6.45, 7) is 4.26. The van der Waals surface area contributed by atoms with Gasteiger partial charge in [0.05, 0.1) is 23.1 Å². The van der Waals surface area contributed by atoms with Crippen molar-refractivity contribution < 1.29 is 72.7 Å². The van der Waals surface area contributed by atoms with Gasteiger partial charge in [-0.15, -0.1) is 0 Å². The Morgan fingerprint density at radius 1 is 0.615 bits per heavy atom. The molecule has 16 heteroatoms. The standard InChI is InChI=1S/C21H38P.2CHF3O3S.Pd/c1-2-18-22(19-12-6-3-7-13-19,20-14-8-4-9-15-20)21-16-10-5-11-17-21;2*2-1(3,4)8(5,6)7;/h2,19-21H,1,3-18H2;2*(H,5,6,7);/q+1;;;+2/p-2.